The molecule has 0 aromatic rings. The summed E-state index contributed by atoms with van der Waals surface area (Å²) < 4.78 is 5.30. The minimum atomic E-state index is -0.766. The Kier molecular flexibility index (Phi) is 8.23. The average molecular weight is 329 g/mol. The third-order valence-corrected chi connectivity index (χ3v) is 3.09. The number of carbonyl (C=O) groups is 3. The number of amides is 2. The van der Waals surface area contributed by atoms with Gasteiger partial charge in [0.15, 0.2) is 0 Å². The molecule has 0 radical (unpaired) electrons. The van der Waals surface area contributed by atoms with Gasteiger partial charge in [0.25, 0.3) is 0 Å². The summed E-state index contributed by atoms with van der Waals surface area (Å²) in [4.78, 5) is 35.8. The molecule has 0 aliphatic heterocycles. The van der Waals surface area contributed by atoms with Crippen molar-refractivity contribution < 1.29 is 19.1 Å². The van der Waals surface area contributed by atoms with Gasteiger partial charge in [0.2, 0.25) is 11.8 Å². The molecule has 0 fully saturated rings. The molecule has 0 aromatic carbocycles. The predicted molar refractivity (Wildman–Crippen MR) is 88.4 cm³/mol. The van der Waals surface area contributed by atoms with Gasteiger partial charge < -0.3 is 21.1 Å². The molecule has 4 N–H and O–H groups in total. The Balaban J connectivity index is 4.58. The number of hydrogen-bond donors (Lipinski definition) is 3. The number of nitrogens with one attached hydrogen (secondary N) is 2. The van der Waals surface area contributed by atoms with Gasteiger partial charge in [-0.15, -0.1) is 0 Å². The van der Waals surface area contributed by atoms with Gasteiger partial charge in [-0.2, -0.15) is 0 Å². The van der Waals surface area contributed by atoms with Gasteiger partial charge in [-0.25, -0.2) is 4.79 Å². The number of ether oxygens (including phenoxy) is 1. The first kappa shape index (κ1) is 21.4. The highest BCUT2D eigenvalue weighted by Gasteiger charge is 2.29. The molecule has 0 spiro atoms. The summed E-state index contributed by atoms with van der Waals surface area (Å²) in [6, 6.07) is -1.44. The highest BCUT2D eigenvalue weighted by Crippen LogP contribution is 2.12. The lowest BCUT2D eigenvalue weighted by molar-refractivity contribution is -0.159. The summed E-state index contributed by atoms with van der Waals surface area (Å²) in [6.07, 6.45) is 0. The summed E-state index contributed by atoms with van der Waals surface area (Å²) in [5.41, 5.74) is 5.06. The van der Waals surface area contributed by atoms with E-state index < -0.39 is 35.5 Å². The van der Waals surface area contributed by atoms with E-state index in [-0.39, 0.29) is 18.4 Å². The van der Waals surface area contributed by atoms with Crippen LogP contribution < -0.4 is 16.4 Å². The van der Waals surface area contributed by atoms with Crippen LogP contribution in [0.3, 0.4) is 0 Å². The van der Waals surface area contributed by atoms with E-state index in [2.05, 4.69) is 10.6 Å². The van der Waals surface area contributed by atoms with E-state index in [0.717, 1.165) is 0 Å². The Bertz CT molecular complexity index is 428. The third-order valence-electron chi connectivity index (χ3n) is 3.09. The lowest BCUT2D eigenvalue weighted by Gasteiger charge is -2.26. The molecule has 7 nitrogen and oxygen atoms in total. The second-order valence-corrected chi connectivity index (χ2v) is 7.31. The highest BCUT2D eigenvalue weighted by atomic mass is 16.6. The molecule has 2 atom stereocenters. The number of esters is 1. The number of hydrogen-bond acceptors (Lipinski definition) is 5. The fourth-order valence-electron chi connectivity index (χ4n) is 1.68. The number of carbonyl (C=O) groups excluding carboxylic acids is 3. The van der Waals surface area contributed by atoms with E-state index in [1.165, 1.54) is 0 Å². The SMILES string of the molecule is CC(C)[C@H](N)C(=O)NCC(=O)N[C@H](C(=O)OC(C)(C)C)C(C)C. The maximum absolute atomic E-state index is 12.1. The van der Waals surface area contributed by atoms with Crippen LogP contribution in [0.25, 0.3) is 0 Å². The molecule has 0 heterocycles. The molecule has 0 aliphatic carbocycles. The molecule has 0 rings (SSSR count). The molecule has 0 bridgehead atoms. The zero-order chi connectivity index (χ0) is 18.4. The Labute approximate surface area is 138 Å². The fourth-order valence-corrected chi connectivity index (χ4v) is 1.68. The van der Waals surface area contributed by atoms with Crippen LogP contribution >= 0.6 is 0 Å². The van der Waals surface area contributed by atoms with E-state index in [0.29, 0.717) is 0 Å². The normalized spacial score (nSPS) is 14.3. The zero-order valence-corrected chi connectivity index (χ0v) is 15.2. The molecular weight excluding hydrogens is 298 g/mol. The topological polar surface area (TPSA) is 111 Å². The van der Waals surface area contributed by atoms with E-state index in [1.54, 1.807) is 20.8 Å². The van der Waals surface area contributed by atoms with Crippen molar-refractivity contribution in [2.24, 2.45) is 17.6 Å². The Hall–Kier alpha value is -1.63. The average Bonchev–Trinajstić information content (AvgIpc) is 2.38. The van der Waals surface area contributed by atoms with Crippen molar-refractivity contribution in [2.75, 3.05) is 6.54 Å². The van der Waals surface area contributed by atoms with Crippen LogP contribution in [0.2, 0.25) is 0 Å². The Morgan fingerprint density at radius 1 is 1.04 bits per heavy atom. The van der Waals surface area contributed by atoms with Crippen molar-refractivity contribution in [3.05, 3.63) is 0 Å². The fraction of sp³-hybridized carbons (Fsp3) is 0.812. The third kappa shape index (κ3) is 8.54. The van der Waals surface area contributed by atoms with Crippen LogP contribution in [0.4, 0.5) is 0 Å². The second-order valence-electron chi connectivity index (χ2n) is 7.31. The molecular formula is C16H31N3O4. The minimum Gasteiger partial charge on any atom is -0.458 e. The van der Waals surface area contributed by atoms with Crippen molar-refractivity contribution in [1.82, 2.24) is 10.6 Å². The lowest BCUT2D eigenvalue weighted by atomic mass is 10.0. The molecule has 0 saturated heterocycles. The second kappa shape index (κ2) is 8.86. The van der Waals surface area contributed by atoms with Gasteiger partial charge in [0.1, 0.15) is 11.6 Å². The maximum atomic E-state index is 12.1. The summed E-state index contributed by atoms with van der Waals surface area (Å²) in [7, 11) is 0. The van der Waals surface area contributed by atoms with Crippen molar-refractivity contribution in [1.29, 1.82) is 0 Å². The van der Waals surface area contributed by atoms with Gasteiger partial charge in [-0.1, -0.05) is 27.7 Å². The molecule has 2 amide bonds. The van der Waals surface area contributed by atoms with Gasteiger partial charge in [-0.05, 0) is 32.6 Å². The minimum absolute atomic E-state index is 0.0248. The van der Waals surface area contributed by atoms with Crippen LogP contribution in [0.15, 0.2) is 0 Å². The first-order valence-corrected chi connectivity index (χ1v) is 7.90. The van der Waals surface area contributed by atoms with Crippen molar-refractivity contribution in [3.8, 4) is 0 Å². The van der Waals surface area contributed by atoms with Crippen molar-refractivity contribution in [2.45, 2.75) is 66.2 Å². The smallest absolute Gasteiger partial charge is 0.329 e. The molecule has 23 heavy (non-hydrogen) atoms. The van der Waals surface area contributed by atoms with Crippen molar-refractivity contribution in [3.63, 3.8) is 0 Å². The van der Waals surface area contributed by atoms with E-state index >= 15 is 0 Å². The quantitative estimate of drug-likeness (QED) is 0.591. The van der Waals surface area contributed by atoms with Crippen LogP contribution in [-0.4, -0.2) is 42.0 Å². The summed E-state index contributed by atoms with van der Waals surface area (Å²) in [6.45, 7) is 12.3. The Morgan fingerprint density at radius 2 is 1.57 bits per heavy atom. The Morgan fingerprint density at radius 3 is 1.96 bits per heavy atom. The largest absolute Gasteiger partial charge is 0.458 e. The summed E-state index contributed by atoms with van der Waals surface area (Å²) in [5.74, 6) is -1.51. The number of nitrogens with two attached hydrogens (primary N) is 1. The van der Waals surface area contributed by atoms with Gasteiger partial charge in [-0.3, -0.25) is 9.59 Å². The van der Waals surface area contributed by atoms with Gasteiger partial charge in [0.05, 0.1) is 12.6 Å². The zero-order valence-electron chi connectivity index (χ0n) is 15.2. The molecule has 134 valence electrons. The van der Waals surface area contributed by atoms with Crippen LogP contribution in [0.5, 0.6) is 0 Å². The first-order chi connectivity index (χ1) is 10.3. The summed E-state index contributed by atoms with van der Waals surface area (Å²) >= 11 is 0. The van der Waals surface area contributed by atoms with Crippen LogP contribution in [0, 0.1) is 11.8 Å². The molecule has 0 unspecified atom stereocenters. The number of rotatable bonds is 7. The van der Waals surface area contributed by atoms with Crippen molar-refractivity contribution >= 4 is 17.8 Å². The lowest BCUT2D eigenvalue weighted by Crippen LogP contribution is -2.52. The highest BCUT2D eigenvalue weighted by molar-refractivity contribution is 5.89. The van der Waals surface area contributed by atoms with Gasteiger partial charge in [0, 0.05) is 0 Å². The molecule has 0 saturated carbocycles. The monoisotopic (exact) mass is 329 g/mol. The molecule has 7 heteroatoms. The first-order valence-electron chi connectivity index (χ1n) is 7.90. The molecule has 0 aliphatic rings. The summed E-state index contributed by atoms with van der Waals surface area (Å²) in [5, 5.41) is 5.06. The van der Waals surface area contributed by atoms with E-state index in [4.69, 9.17) is 10.5 Å². The van der Waals surface area contributed by atoms with Crippen LogP contribution in [-0.2, 0) is 19.1 Å². The van der Waals surface area contributed by atoms with Crippen LogP contribution in [0.1, 0.15) is 48.5 Å². The maximum Gasteiger partial charge on any atom is 0.329 e. The van der Waals surface area contributed by atoms with E-state index in [1.807, 2.05) is 27.7 Å². The van der Waals surface area contributed by atoms with E-state index in [9.17, 15) is 14.4 Å². The standard InChI is InChI=1S/C16H31N3O4/c1-9(2)12(17)14(21)18-8-11(20)19-13(10(3)4)15(22)23-16(5,6)7/h9-10,12-13H,8,17H2,1-7H3,(H,18,21)(H,19,20)/t12-,13-/m0/s1. The predicted octanol–water partition coefficient (Wildman–Crippen LogP) is 0.568. The van der Waals surface area contributed by atoms with Gasteiger partial charge >= 0.3 is 5.97 Å². The molecule has 0 aromatic heterocycles.